The fraction of sp³-hybridized carbons (Fsp3) is 0.263. The molecule has 4 nitrogen and oxygen atoms in total. The van der Waals surface area contributed by atoms with Gasteiger partial charge in [0.05, 0.1) is 0 Å². The van der Waals surface area contributed by atoms with Gasteiger partial charge in [-0.25, -0.2) is 0 Å². The van der Waals surface area contributed by atoms with Crippen LogP contribution in [0, 0.1) is 6.92 Å². The molecular formula is C19H19ClN2O2. The van der Waals surface area contributed by atoms with Crippen LogP contribution in [0.15, 0.2) is 42.5 Å². The molecule has 1 unspecified atom stereocenters. The fourth-order valence-corrected chi connectivity index (χ4v) is 3.44. The highest BCUT2D eigenvalue weighted by Gasteiger charge is 2.33. The van der Waals surface area contributed by atoms with Crippen molar-refractivity contribution in [1.29, 1.82) is 0 Å². The first-order valence-electron chi connectivity index (χ1n) is 7.94. The Morgan fingerprint density at radius 2 is 1.88 bits per heavy atom. The number of benzene rings is 2. The van der Waals surface area contributed by atoms with Crippen LogP contribution in [0.5, 0.6) is 0 Å². The van der Waals surface area contributed by atoms with Crippen molar-refractivity contribution in [3.63, 3.8) is 0 Å². The summed E-state index contributed by atoms with van der Waals surface area (Å²) in [5, 5.41) is 0.703. The second-order valence-electron chi connectivity index (χ2n) is 6.10. The number of amides is 2. The van der Waals surface area contributed by atoms with Crippen molar-refractivity contribution in [1.82, 2.24) is 4.90 Å². The molecule has 0 radical (unpaired) electrons. The third-order valence-electron chi connectivity index (χ3n) is 4.47. The van der Waals surface area contributed by atoms with Gasteiger partial charge in [0.25, 0.3) is 5.91 Å². The van der Waals surface area contributed by atoms with Crippen molar-refractivity contribution < 1.29 is 9.59 Å². The third-order valence-corrected chi connectivity index (χ3v) is 4.71. The first-order valence-corrected chi connectivity index (χ1v) is 8.32. The van der Waals surface area contributed by atoms with Crippen LogP contribution in [0.3, 0.4) is 0 Å². The van der Waals surface area contributed by atoms with Crippen LogP contribution in [-0.4, -0.2) is 29.3 Å². The molecule has 1 heterocycles. The smallest absolute Gasteiger partial charge is 0.254 e. The van der Waals surface area contributed by atoms with Crippen molar-refractivity contribution in [2.75, 3.05) is 6.54 Å². The number of carbonyl (C=O) groups is 2. The van der Waals surface area contributed by atoms with Crippen LogP contribution < -0.4 is 5.73 Å². The summed E-state index contributed by atoms with van der Waals surface area (Å²) < 4.78 is 0. The van der Waals surface area contributed by atoms with Crippen LogP contribution in [0.4, 0.5) is 0 Å². The summed E-state index contributed by atoms with van der Waals surface area (Å²) in [7, 11) is 0. The number of hydrogen-bond acceptors (Lipinski definition) is 2. The maximum atomic E-state index is 12.6. The van der Waals surface area contributed by atoms with E-state index in [2.05, 4.69) is 0 Å². The van der Waals surface area contributed by atoms with Gasteiger partial charge in [-0.3, -0.25) is 9.59 Å². The molecule has 1 atom stereocenters. The molecule has 0 spiro atoms. The van der Waals surface area contributed by atoms with Gasteiger partial charge >= 0.3 is 0 Å². The molecular weight excluding hydrogens is 324 g/mol. The minimum absolute atomic E-state index is 0.143. The van der Waals surface area contributed by atoms with Gasteiger partial charge in [-0.05, 0) is 60.7 Å². The van der Waals surface area contributed by atoms with E-state index < -0.39 is 11.9 Å². The average Bonchev–Trinajstić information content (AvgIpc) is 3.04. The molecule has 2 aromatic carbocycles. The lowest BCUT2D eigenvalue weighted by molar-refractivity contribution is -0.121. The predicted molar refractivity (Wildman–Crippen MR) is 94.9 cm³/mol. The summed E-state index contributed by atoms with van der Waals surface area (Å²) in [6.45, 7) is 2.58. The molecule has 1 aliphatic rings. The largest absolute Gasteiger partial charge is 0.368 e. The summed E-state index contributed by atoms with van der Waals surface area (Å²) in [6.07, 6.45) is 1.45. The first-order chi connectivity index (χ1) is 11.5. The minimum Gasteiger partial charge on any atom is -0.368 e. The second-order valence-corrected chi connectivity index (χ2v) is 6.53. The Labute approximate surface area is 146 Å². The number of nitrogens with zero attached hydrogens (tertiary/aromatic N) is 1. The topological polar surface area (TPSA) is 63.4 Å². The van der Waals surface area contributed by atoms with Crippen LogP contribution in [0.25, 0.3) is 11.1 Å². The summed E-state index contributed by atoms with van der Waals surface area (Å²) in [5.74, 6) is -0.579. The van der Waals surface area contributed by atoms with Gasteiger partial charge < -0.3 is 10.6 Å². The molecule has 0 saturated carbocycles. The Kier molecular flexibility index (Phi) is 4.58. The van der Waals surface area contributed by atoms with Gasteiger partial charge in [0.1, 0.15) is 6.04 Å². The van der Waals surface area contributed by atoms with Crippen LogP contribution >= 0.6 is 11.6 Å². The number of hydrogen-bond donors (Lipinski definition) is 1. The maximum Gasteiger partial charge on any atom is 0.254 e. The lowest BCUT2D eigenvalue weighted by atomic mass is 9.99. The molecule has 2 amide bonds. The van der Waals surface area contributed by atoms with E-state index in [1.165, 1.54) is 0 Å². The molecule has 1 aliphatic heterocycles. The number of rotatable bonds is 3. The SMILES string of the molecule is Cc1cc(Cl)ccc1-c1ccc(C(=O)N2CCCC2C(N)=O)cc1. The van der Waals surface area contributed by atoms with Gasteiger partial charge in [0, 0.05) is 17.1 Å². The predicted octanol–water partition coefficient (Wildman–Crippen LogP) is 3.41. The molecule has 24 heavy (non-hydrogen) atoms. The zero-order chi connectivity index (χ0) is 17.3. The normalized spacial score (nSPS) is 17.1. The van der Waals surface area contributed by atoms with Crippen molar-refractivity contribution in [3.8, 4) is 11.1 Å². The Morgan fingerprint density at radius 1 is 1.17 bits per heavy atom. The van der Waals surface area contributed by atoms with Crippen molar-refractivity contribution >= 4 is 23.4 Å². The zero-order valence-electron chi connectivity index (χ0n) is 13.5. The highest BCUT2D eigenvalue weighted by atomic mass is 35.5. The average molecular weight is 343 g/mol. The van der Waals surface area contributed by atoms with Gasteiger partial charge in [0.15, 0.2) is 0 Å². The van der Waals surface area contributed by atoms with E-state index in [1.807, 2.05) is 37.3 Å². The van der Waals surface area contributed by atoms with E-state index in [4.69, 9.17) is 17.3 Å². The minimum atomic E-state index is -0.490. The van der Waals surface area contributed by atoms with Crippen LogP contribution in [0.1, 0.15) is 28.8 Å². The number of halogens is 1. The molecule has 2 aromatic rings. The lowest BCUT2D eigenvalue weighted by Crippen LogP contribution is -2.43. The number of primary amides is 1. The highest BCUT2D eigenvalue weighted by molar-refractivity contribution is 6.30. The molecule has 0 aromatic heterocycles. The Hall–Kier alpha value is -2.33. The fourth-order valence-electron chi connectivity index (χ4n) is 3.21. The molecule has 124 valence electrons. The second kappa shape index (κ2) is 6.65. The monoisotopic (exact) mass is 342 g/mol. The van der Waals surface area contributed by atoms with Crippen molar-refractivity contribution in [2.24, 2.45) is 5.73 Å². The zero-order valence-corrected chi connectivity index (χ0v) is 14.2. The van der Waals surface area contributed by atoms with Crippen LogP contribution in [0.2, 0.25) is 5.02 Å². The van der Waals surface area contributed by atoms with Gasteiger partial charge in [-0.1, -0.05) is 29.8 Å². The highest BCUT2D eigenvalue weighted by Crippen LogP contribution is 2.27. The molecule has 1 saturated heterocycles. The summed E-state index contributed by atoms with van der Waals surface area (Å²) in [6, 6.07) is 12.7. The Morgan fingerprint density at radius 3 is 2.50 bits per heavy atom. The standard InChI is InChI=1S/C19H19ClN2O2/c1-12-11-15(20)8-9-16(12)13-4-6-14(7-5-13)19(24)22-10-2-3-17(22)18(21)23/h4-9,11,17H,2-3,10H2,1H3,(H2,21,23). The summed E-state index contributed by atoms with van der Waals surface area (Å²) >= 11 is 6.00. The summed E-state index contributed by atoms with van der Waals surface area (Å²) in [5.41, 5.74) is 9.14. The molecule has 5 heteroatoms. The van der Waals surface area contributed by atoms with Gasteiger partial charge in [-0.15, -0.1) is 0 Å². The lowest BCUT2D eigenvalue weighted by Gasteiger charge is -2.22. The third kappa shape index (κ3) is 3.15. The van der Waals surface area contributed by atoms with E-state index in [0.29, 0.717) is 23.6 Å². The maximum absolute atomic E-state index is 12.6. The number of aryl methyl sites for hydroxylation is 1. The molecule has 3 rings (SSSR count). The molecule has 0 bridgehead atoms. The number of nitrogens with two attached hydrogens (primary N) is 1. The number of carbonyl (C=O) groups excluding carboxylic acids is 2. The van der Waals surface area contributed by atoms with E-state index in [-0.39, 0.29) is 5.91 Å². The molecule has 2 N–H and O–H groups in total. The summed E-state index contributed by atoms with van der Waals surface area (Å²) in [4.78, 5) is 25.7. The quantitative estimate of drug-likeness (QED) is 0.929. The van der Waals surface area contributed by atoms with Crippen molar-refractivity contribution in [3.05, 3.63) is 58.6 Å². The number of likely N-dealkylation sites (tertiary alicyclic amines) is 1. The first kappa shape index (κ1) is 16.5. The van der Waals surface area contributed by atoms with Crippen molar-refractivity contribution in [2.45, 2.75) is 25.8 Å². The Balaban J connectivity index is 1.84. The van der Waals surface area contributed by atoms with E-state index in [0.717, 1.165) is 23.1 Å². The molecule has 1 fully saturated rings. The van der Waals surface area contributed by atoms with E-state index >= 15 is 0 Å². The molecule has 0 aliphatic carbocycles. The van der Waals surface area contributed by atoms with Crippen LogP contribution in [-0.2, 0) is 4.79 Å². The van der Waals surface area contributed by atoms with E-state index in [9.17, 15) is 9.59 Å². The van der Waals surface area contributed by atoms with Gasteiger partial charge in [0.2, 0.25) is 5.91 Å². The Bertz CT molecular complexity index is 786. The van der Waals surface area contributed by atoms with E-state index in [1.54, 1.807) is 17.0 Å². The van der Waals surface area contributed by atoms with Gasteiger partial charge in [-0.2, -0.15) is 0 Å².